The van der Waals surface area contributed by atoms with Crippen LogP contribution in [0.25, 0.3) is 0 Å². The van der Waals surface area contributed by atoms with Gasteiger partial charge in [-0.2, -0.15) is 0 Å². The molecule has 26 heavy (non-hydrogen) atoms. The van der Waals surface area contributed by atoms with Gasteiger partial charge in [0.25, 0.3) is 11.8 Å². The SMILES string of the molecule is CCCCN1C(=O)C(C)Oc2ccc(NC(=O)c3ccccc3Cl)cc21. The van der Waals surface area contributed by atoms with Gasteiger partial charge < -0.3 is 15.0 Å². The molecule has 0 spiro atoms. The van der Waals surface area contributed by atoms with Gasteiger partial charge in [-0.1, -0.05) is 37.1 Å². The van der Waals surface area contributed by atoms with Crippen LogP contribution in [0, 0.1) is 0 Å². The molecule has 3 rings (SSSR count). The molecule has 2 aromatic rings. The van der Waals surface area contributed by atoms with Crippen LogP contribution >= 0.6 is 11.6 Å². The third-order valence-corrected chi connectivity index (χ3v) is 4.61. The van der Waals surface area contributed by atoms with E-state index in [4.69, 9.17) is 16.3 Å². The Morgan fingerprint density at radius 2 is 2.04 bits per heavy atom. The van der Waals surface area contributed by atoms with E-state index >= 15 is 0 Å². The number of unbranched alkanes of at least 4 members (excludes halogenated alkanes) is 1. The second-order valence-corrected chi connectivity index (χ2v) is 6.63. The minimum Gasteiger partial charge on any atom is -0.479 e. The van der Waals surface area contributed by atoms with Crippen molar-refractivity contribution in [3.05, 3.63) is 53.1 Å². The predicted octanol–water partition coefficient (Wildman–Crippen LogP) is 4.51. The summed E-state index contributed by atoms with van der Waals surface area (Å²) in [6, 6.07) is 12.2. The topological polar surface area (TPSA) is 58.6 Å². The highest BCUT2D eigenvalue weighted by atomic mass is 35.5. The summed E-state index contributed by atoms with van der Waals surface area (Å²) in [7, 11) is 0. The second-order valence-electron chi connectivity index (χ2n) is 6.22. The summed E-state index contributed by atoms with van der Waals surface area (Å²) in [5.74, 6) is 0.275. The number of fused-ring (bicyclic) bond motifs is 1. The molecule has 0 bridgehead atoms. The smallest absolute Gasteiger partial charge is 0.267 e. The molecule has 1 aliphatic heterocycles. The number of anilines is 2. The summed E-state index contributed by atoms with van der Waals surface area (Å²) in [5, 5.41) is 3.22. The number of nitrogens with zero attached hydrogens (tertiary/aromatic N) is 1. The number of carbonyl (C=O) groups excluding carboxylic acids is 2. The largest absolute Gasteiger partial charge is 0.479 e. The van der Waals surface area contributed by atoms with Crippen molar-refractivity contribution in [1.29, 1.82) is 0 Å². The van der Waals surface area contributed by atoms with Crippen LogP contribution in [0.15, 0.2) is 42.5 Å². The highest BCUT2D eigenvalue weighted by Gasteiger charge is 2.31. The summed E-state index contributed by atoms with van der Waals surface area (Å²) in [4.78, 5) is 26.7. The average Bonchev–Trinajstić information content (AvgIpc) is 2.63. The van der Waals surface area contributed by atoms with Gasteiger partial charge in [-0.15, -0.1) is 0 Å². The lowest BCUT2D eigenvalue weighted by Gasteiger charge is -2.33. The quantitative estimate of drug-likeness (QED) is 0.840. The van der Waals surface area contributed by atoms with Crippen molar-refractivity contribution < 1.29 is 14.3 Å². The zero-order chi connectivity index (χ0) is 18.7. The van der Waals surface area contributed by atoms with Crippen LogP contribution in [-0.2, 0) is 4.79 Å². The van der Waals surface area contributed by atoms with Crippen LogP contribution in [0.5, 0.6) is 5.75 Å². The highest BCUT2D eigenvalue weighted by Crippen LogP contribution is 2.36. The zero-order valence-electron chi connectivity index (χ0n) is 14.8. The van der Waals surface area contributed by atoms with Crippen LogP contribution in [-0.4, -0.2) is 24.5 Å². The molecular formula is C20H21ClN2O3. The molecule has 1 aliphatic rings. The van der Waals surface area contributed by atoms with E-state index in [0.717, 1.165) is 12.8 Å². The molecule has 0 radical (unpaired) electrons. The third kappa shape index (κ3) is 3.68. The van der Waals surface area contributed by atoms with E-state index in [2.05, 4.69) is 12.2 Å². The minimum atomic E-state index is -0.511. The van der Waals surface area contributed by atoms with Crippen molar-refractivity contribution in [2.75, 3.05) is 16.8 Å². The Balaban J connectivity index is 1.87. The van der Waals surface area contributed by atoms with E-state index in [0.29, 0.717) is 34.3 Å². The molecule has 0 saturated carbocycles. The lowest BCUT2D eigenvalue weighted by atomic mass is 10.1. The fourth-order valence-corrected chi connectivity index (χ4v) is 3.10. The first-order valence-electron chi connectivity index (χ1n) is 8.69. The fourth-order valence-electron chi connectivity index (χ4n) is 2.88. The summed E-state index contributed by atoms with van der Waals surface area (Å²) in [6.07, 6.45) is 1.37. The van der Waals surface area contributed by atoms with Gasteiger partial charge in [0, 0.05) is 12.2 Å². The maximum atomic E-state index is 12.5. The lowest BCUT2D eigenvalue weighted by Crippen LogP contribution is -2.44. The molecule has 1 atom stereocenters. The Morgan fingerprint density at radius 1 is 1.27 bits per heavy atom. The average molecular weight is 373 g/mol. The van der Waals surface area contributed by atoms with Crippen LogP contribution < -0.4 is 15.0 Å². The van der Waals surface area contributed by atoms with Crippen LogP contribution in [0.3, 0.4) is 0 Å². The number of hydrogen-bond acceptors (Lipinski definition) is 3. The molecule has 0 saturated heterocycles. The minimum absolute atomic E-state index is 0.0690. The Hall–Kier alpha value is -2.53. The number of ether oxygens (including phenoxy) is 1. The van der Waals surface area contributed by atoms with Crippen LogP contribution in [0.4, 0.5) is 11.4 Å². The second kappa shape index (κ2) is 7.79. The first kappa shape index (κ1) is 18.3. The van der Waals surface area contributed by atoms with Crippen molar-refractivity contribution in [2.45, 2.75) is 32.8 Å². The lowest BCUT2D eigenvalue weighted by molar-refractivity contribution is -0.125. The number of halogens is 1. The van der Waals surface area contributed by atoms with Crippen molar-refractivity contribution >= 4 is 34.8 Å². The van der Waals surface area contributed by atoms with Gasteiger partial charge in [0.1, 0.15) is 5.75 Å². The highest BCUT2D eigenvalue weighted by molar-refractivity contribution is 6.34. The maximum absolute atomic E-state index is 12.5. The molecule has 1 N–H and O–H groups in total. The van der Waals surface area contributed by atoms with Gasteiger partial charge in [0.2, 0.25) is 0 Å². The molecule has 1 heterocycles. The van der Waals surface area contributed by atoms with Gasteiger partial charge in [0.15, 0.2) is 6.10 Å². The molecule has 6 heteroatoms. The maximum Gasteiger partial charge on any atom is 0.267 e. The predicted molar refractivity (Wildman–Crippen MR) is 103 cm³/mol. The number of rotatable bonds is 5. The third-order valence-electron chi connectivity index (χ3n) is 4.28. The van der Waals surface area contributed by atoms with E-state index in [1.54, 1.807) is 54.3 Å². The van der Waals surface area contributed by atoms with Gasteiger partial charge in [-0.25, -0.2) is 0 Å². The summed E-state index contributed by atoms with van der Waals surface area (Å²) in [6.45, 7) is 4.45. The van der Waals surface area contributed by atoms with E-state index in [9.17, 15) is 9.59 Å². The van der Waals surface area contributed by atoms with Gasteiger partial charge in [0.05, 0.1) is 16.3 Å². The monoisotopic (exact) mass is 372 g/mol. The zero-order valence-corrected chi connectivity index (χ0v) is 15.5. The van der Waals surface area contributed by atoms with Crippen molar-refractivity contribution in [3.8, 4) is 5.75 Å². The molecule has 2 aromatic carbocycles. The Labute approximate surface area is 157 Å². The van der Waals surface area contributed by atoms with Gasteiger partial charge in [-0.05, 0) is 43.7 Å². The van der Waals surface area contributed by atoms with Crippen molar-refractivity contribution in [2.24, 2.45) is 0 Å². The van der Waals surface area contributed by atoms with Crippen molar-refractivity contribution in [1.82, 2.24) is 0 Å². The Kier molecular flexibility index (Phi) is 5.47. The molecular weight excluding hydrogens is 352 g/mol. The Bertz CT molecular complexity index is 838. The molecule has 2 amide bonds. The molecule has 0 fully saturated rings. The number of benzene rings is 2. The summed E-state index contributed by atoms with van der Waals surface area (Å²) < 4.78 is 5.69. The number of carbonyl (C=O) groups is 2. The number of nitrogens with one attached hydrogen (secondary N) is 1. The first-order chi connectivity index (χ1) is 12.5. The molecule has 136 valence electrons. The van der Waals surface area contributed by atoms with E-state index in [1.807, 2.05) is 0 Å². The number of hydrogen-bond donors (Lipinski definition) is 1. The molecule has 0 aliphatic carbocycles. The molecule has 0 aromatic heterocycles. The standard InChI is InChI=1S/C20H21ClN2O3/c1-3-4-11-23-17-12-14(9-10-18(17)26-13(2)20(23)25)22-19(24)15-7-5-6-8-16(15)21/h5-10,12-13H,3-4,11H2,1-2H3,(H,22,24). The Morgan fingerprint density at radius 3 is 2.77 bits per heavy atom. The van der Waals surface area contributed by atoms with E-state index in [-0.39, 0.29) is 11.8 Å². The number of amides is 2. The molecule has 5 nitrogen and oxygen atoms in total. The first-order valence-corrected chi connectivity index (χ1v) is 9.07. The normalized spacial score (nSPS) is 16.0. The fraction of sp³-hybridized carbons (Fsp3) is 0.300. The van der Waals surface area contributed by atoms with Gasteiger partial charge >= 0.3 is 0 Å². The van der Waals surface area contributed by atoms with Crippen molar-refractivity contribution in [3.63, 3.8) is 0 Å². The van der Waals surface area contributed by atoms with Crippen LogP contribution in [0.1, 0.15) is 37.0 Å². The molecule has 1 unspecified atom stereocenters. The van der Waals surface area contributed by atoms with Crippen LogP contribution in [0.2, 0.25) is 5.02 Å². The summed E-state index contributed by atoms with van der Waals surface area (Å²) in [5.41, 5.74) is 1.66. The van der Waals surface area contributed by atoms with E-state index < -0.39 is 6.10 Å². The summed E-state index contributed by atoms with van der Waals surface area (Å²) >= 11 is 6.08. The van der Waals surface area contributed by atoms with Gasteiger partial charge in [-0.3, -0.25) is 9.59 Å². The van der Waals surface area contributed by atoms with E-state index in [1.165, 1.54) is 0 Å².